The highest BCUT2D eigenvalue weighted by molar-refractivity contribution is 6.08. The number of hydrogen-bond donors (Lipinski definition) is 0. The maximum absolute atomic E-state index is 13.0. The molecule has 0 N–H and O–H groups in total. The Bertz CT molecular complexity index is 994. The molecule has 2 fully saturated rings. The van der Waals surface area contributed by atoms with Crippen molar-refractivity contribution in [1.29, 1.82) is 0 Å². The minimum atomic E-state index is -0.243. The molecule has 142 valence electrons. The number of hydrazone groups is 1. The van der Waals surface area contributed by atoms with E-state index in [4.69, 9.17) is 4.74 Å². The number of carbonyl (C=O) groups is 2. The van der Waals surface area contributed by atoms with Gasteiger partial charge in [0.2, 0.25) is 0 Å². The van der Waals surface area contributed by atoms with Gasteiger partial charge in [0, 0.05) is 5.56 Å². The third kappa shape index (κ3) is 2.49. The largest absolute Gasteiger partial charge is 0.493 e. The Kier molecular flexibility index (Phi) is 4.04. The first-order valence-corrected chi connectivity index (χ1v) is 9.93. The van der Waals surface area contributed by atoms with Crippen LogP contribution >= 0.6 is 0 Å². The minimum absolute atomic E-state index is 0.163. The molecule has 1 saturated carbocycles. The molecule has 2 bridgehead atoms. The quantitative estimate of drug-likeness (QED) is 0.465. The van der Waals surface area contributed by atoms with Crippen molar-refractivity contribution in [2.24, 2.45) is 28.8 Å². The van der Waals surface area contributed by atoms with E-state index in [9.17, 15) is 9.59 Å². The van der Waals surface area contributed by atoms with Gasteiger partial charge in [-0.15, -0.1) is 0 Å². The van der Waals surface area contributed by atoms with Crippen LogP contribution < -0.4 is 4.74 Å². The van der Waals surface area contributed by atoms with Crippen LogP contribution in [-0.2, 0) is 9.59 Å². The second kappa shape index (κ2) is 6.59. The van der Waals surface area contributed by atoms with Gasteiger partial charge in [-0.2, -0.15) is 10.1 Å². The summed E-state index contributed by atoms with van der Waals surface area (Å²) < 4.78 is 5.76. The molecule has 4 unspecified atom stereocenters. The predicted molar refractivity (Wildman–Crippen MR) is 107 cm³/mol. The number of hydrogen-bond acceptors (Lipinski definition) is 4. The highest BCUT2D eigenvalue weighted by Crippen LogP contribution is 2.49. The molecular formula is C23H22N2O3. The average Bonchev–Trinajstić information content (AvgIpc) is 3.00. The highest BCUT2D eigenvalue weighted by atomic mass is 16.5. The van der Waals surface area contributed by atoms with E-state index in [1.165, 1.54) is 0 Å². The molecule has 5 nitrogen and oxygen atoms in total. The van der Waals surface area contributed by atoms with E-state index >= 15 is 0 Å². The van der Waals surface area contributed by atoms with Crippen molar-refractivity contribution in [1.82, 2.24) is 5.01 Å². The summed E-state index contributed by atoms with van der Waals surface area (Å²) in [6.45, 7) is 2.46. The molecule has 4 aliphatic rings. The topological polar surface area (TPSA) is 59.0 Å². The van der Waals surface area contributed by atoms with Crippen molar-refractivity contribution in [3.05, 3.63) is 54.1 Å². The first kappa shape index (κ1) is 17.2. The van der Waals surface area contributed by atoms with Crippen LogP contribution in [0.4, 0.5) is 0 Å². The Balaban J connectivity index is 1.52. The van der Waals surface area contributed by atoms with Crippen LogP contribution in [0.2, 0.25) is 0 Å². The standard InChI is InChI=1S/C23H22N2O3/c1-2-28-19-12-11-14-5-3-4-6-17(14)18(19)13-24-25-22(26)20-15-7-8-16(10-9-15)21(20)23(25)27/h3-8,11-13,15-16,20-21H,2,9-10H2,1H3/b24-13+. The van der Waals surface area contributed by atoms with E-state index < -0.39 is 0 Å². The molecule has 2 aromatic carbocycles. The molecule has 28 heavy (non-hydrogen) atoms. The molecule has 0 radical (unpaired) electrons. The van der Waals surface area contributed by atoms with Gasteiger partial charge < -0.3 is 4.74 Å². The van der Waals surface area contributed by atoms with Crippen LogP contribution in [0.3, 0.4) is 0 Å². The summed E-state index contributed by atoms with van der Waals surface area (Å²) >= 11 is 0. The Hall–Kier alpha value is -2.95. The molecular weight excluding hydrogens is 352 g/mol. The van der Waals surface area contributed by atoms with Crippen molar-refractivity contribution in [2.45, 2.75) is 19.8 Å². The van der Waals surface area contributed by atoms with Crippen LogP contribution in [0.15, 0.2) is 53.7 Å². The second-order valence-corrected chi connectivity index (χ2v) is 7.71. The third-order valence-electron chi connectivity index (χ3n) is 6.27. The number of rotatable bonds is 4. The van der Waals surface area contributed by atoms with Crippen LogP contribution in [0, 0.1) is 23.7 Å². The number of carbonyl (C=O) groups excluding carboxylic acids is 2. The average molecular weight is 374 g/mol. The zero-order valence-electron chi connectivity index (χ0n) is 15.7. The maximum atomic E-state index is 13.0. The van der Waals surface area contributed by atoms with Crippen LogP contribution in [-0.4, -0.2) is 29.6 Å². The molecule has 1 saturated heterocycles. The summed E-state index contributed by atoms with van der Waals surface area (Å²) in [5.41, 5.74) is 0.788. The lowest BCUT2D eigenvalue weighted by Crippen LogP contribution is -2.38. The van der Waals surface area contributed by atoms with Crippen LogP contribution in [0.25, 0.3) is 10.8 Å². The van der Waals surface area contributed by atoms with E-state index in [1.807, 2.05) is 43.3 Å². The summed E-state index contributed by atoms with van der Waals surface area (Å²) in [4.78, 5) is 25.9. The number of imide groups is 1. The fourth-order valence-electron chi connectivity index (χ4n) is 4.98. The molecule has 6 rings (SSSR count). The normalized spacial score (nSPS) is 28.5. The van der Waals surface area contributed by atoms with E-state index in [-0.39, 0.29) is 35.5 Å². The zero-order valence-corrected chi connectivity index (χ0v) is 15.7. The van der Waals surface area contributed by atoms with Gasteiger partial charge in [-0.25, -0.2) is 0 Å². The van der Waals surface area contributed by atoms with Gasteiger partial charge in [0.1, 0.15) is 5.75 Å². The smallest absolute Gasteiger partial charge is 0.254 e. The van der Waals surface area contributed by atoms with Crippen molar-refractivity contribution < 1.29 is 14.3 Å². The molecule has 1 aliphatic heterocycles. The Morgan fingerprint density at radius 1 is 1.04 bits per heavy atom. The fraction of sp³-hybridized carbons (Fsp3) is 0.348. The highest BCUT2D eigenvalue weighted by Gasteiger charge is 2.56. The van der Waals surface area contributed by atoms with Crippen molar-refractivity contribution in [3.63, 3.8) is 0 Å². The first-order chi connectivity index (χ1) is 13.7. The lowest BCUT2D eigenvalue weighted by molar-refractivity contribution is -0.140. The van der Waals surface area contributed by atoms with E-state index in [1.54, 1.807) is 6.21 Å². The summed E-state index contributed by atoms with van der Waals surface area (Å²) in [6, 6.07) is 11.9. The van der Waals surface area contributed by atoms with Gasteiger partial charge in [0.05, 0.1) is 24.7 Å². The Labute approximate surface area is 163 Å². The van der Waals surface area contributed by atoms with E-state index in [0.29, 0.717) is 12.4 Å². The van der Waals surface area contributed by atoms with Gasteiger partial charge in [-0.3, -0.25) is 9.59 Å². The lowest BCUT2D eigenvalue weighted by atomic mass is 9.63. The number of nitrogens with zero attached hydrogens (tertiary/aromatic N) is 2. The minimum Gasteiger partial charge on any atom is -0.493 e. The summed E-state index contributed by atoms with van der Waals surface area (Å²) in [5.74, 6) is 0.223. The van der Waals surface area contributed by atoms with Crippen LogP contribution in [0.1, 0.15) is 25.3 Å². The molecule has 2 aromatic rings. The van der Waals surface area contributed by atoms with Gasteiger partial charge in [0.25, 0.3) is 11.8 Å². The molecule has 0 aromatic heterocycles. The van der Waals surface area contributed by atoms with Crippen LogP contribution in [0.5, 0.6) is 5.75 Å². The van der Waals surface area contributed by atoms with Gasteiger partial charge in [-0.1, -0.05) is 42.5 Å². The zero-order chi connectivity index (χ0) is 19.3. The van der Waals surface area contributed by atoms with Gasteiger partial charge in [0.15, 0.2) is 0 Å². The number of ether oxygens (including phenoxy) is 1. The maximum Gasteiger partial charge on any atom is 0.254 e. The van der Waals surface area contributed by atoms with Gasteiger partial charge >= 0.3 is 0 Å². The first-order valence-electron chi connectivity index (χ1n) is 9.93. The molecule has 0 spiro atoms. The van der Waals surface area contributed by atoms with Crippen molar-refractivity contribution in [2.75, 3.05) is 6.61 Å². The molecule has 1 heterocycles. The second-order valence-electron chi connectivity index (χ2n) is 7.71. The van der Waals surface area contributed by atoms with Gasteiger partial charge in [-0.05, 0) is 48.4 Å². The number of benzene rings is 2. The summed E-state index contributed by atoms with van der Waals surface area (Å²) in [7, 11) is 0. The molecule has 4 atom stereocenters. The number of amides is 2. The monoisotopic (exact) mass is 374 g/mol. The van der Waals surface area contributed by atoms with Crippen molar-refractivity contribution >= 4 is 28.8 Å². The summed E-state index contributed by atoms with van der Waals surface area (Å²) in [6.07, 6.45) is 7.81. The summed E-state index contributed by atoms with van der Waals surface area (Å²) in [5, 5.41) is 7.51. The number of allylic oxidation sites excluding steroid dienone is 2. The molecule has 5 heteroatoms. The lowest BCUT2D eigenvalue weighted by Gasteiger charge is -2.37. The molecule has 2 amide bonds. The van der Waals surface area contributed by atoms with E-state index in [0.717, 1.165) is 34.2 Å². The Morgan fingerprint density at radius 2 is 1.71 bits per heavy atom. The number of fused-ring (bicyclic) bond motifs is 2. The predicted octanol–water partition coefficient (Wildman–Crippen LogP) is 3.77. The van der Waals surface area contributed by atoms with Crippen molar-refractivity contribution in [3.8, 4) is 5.75 Å². The molecule has 3 aliphatic carbocycles. The third-order valence-corrected chi connectivity index (χ3v) is 6.27. The van der Waals surface area contributed by atoms with E-state index in [2.05, 4.69) is 17.3 Å². The fourth-order valence-corrected chi connectivity index (χ4v) is 4.98. The SMILES string of the molecule is CCOc1ccc2ccccc2c1/C=N/N1C(=O)C2C3C=CC(CC3)C2C1=O. The Morgan fingerprint density at radius 3 is 2.36 bits per heavy atom.